The van der Waals surface area contributed by atoms with Gasteiger partial charge in [-0.05, 0) is 49.4 Å². The van der Waals surface area contributed by atoms with Gasteiger partial charge >= 0.3 is 5.97 Å². The van der Waals surface area contributed by atoms with Crippen LogP contribution in [0.4, 0.5) is 11.4 Å². The fraction of sp³-hybridized carbons (Fsp3) is 0.400. The monoisotopic (exact) mass is 422 g/mol. The summed E-state index contributed by atoms with van der Waals surface area (Å²) in [7, 11) is 0. The van der Waals surface area contributed by atoms with Crippen molar-refractivity contribution in [1.82, 2.24) is 0 Å². The summed E-state index contributed by atoms with van der Waals surface area (Å²) in [6.45, 7) is 8.01. The van der Waals surface area contributed by atoms with Crippen LogP contribution >= 0.6 is 0 Å². The van der Waals surface area contributed by atoms with Crippen molar-refractivity contribution < 1.29 is 19.1 Å². The van der Waals surface area contributed by atoms with Crippen molar-refractivity contribution in [2.45, 2.75) is 46.5 Å². The molecule has 0 bridgehead atoms. The quantitative estimate of drug-likeness (QED) is 0.673. The number of para-hydroxylation sites is 1. The van der Waals surface area contributed by atoms with E-state index >= 15 is 0 Å². The van der Waals surface area contributed by atoms with Crippen LogP contribution in [0.3, 0.4) is 0 Å². The second-order valence-corrected chi connectivity index (χ2v) is 8.25. The highest BCUT2D eigenvalue weighted by Gasteiger charge is 2.37. The summed E-state index contributed by atoms with van der Waals surface area (Å²) < 4.78 is 5.23. The number of anilines is 2. The lowest BCUT2D eigenvalue weighted by Crippen LogP contribution is -2.29. The standard InChI is InChI=1S/C25H30N2O4/c1-5-17(3)20-8-6-7-9-22(20)27-14-19(13-24(27)29)25(30)31-15-23(28)26-21-11-10-16(2)12-18(21)4/h6-12,17,19H,5,13-15H2,1-4H3,(H,26,28)/t17-,19+/m0/s1. The normalized spacial score (nSPS) is 16.8. The minimum atomic E-state index is -0.577. The molecule has 1 heterocycles. The summed E-state index contributed by atoms with van der Waals surface area (Å²) >= 11 is 0. The van der Waals surface area contributed by atoms with Crippen molar-refractivity contribution in [3.8, 4) is 0 Å². The lowest BCUT2D eigenvalue weighted by Gasteiger charge is -2.23. The number of ether oxygens (including phenoxy) is 1. The molecule has 0 aromatic heterocycles. The van der Waals surface area contributed by atoms with Gasteiger partial charge in [0.15, 0.2) is 6.61 Å². The molecule has 3 rings (SSSR count). The Balaban J connectivity index is 1.59. The highest BCUT2D eigenvalue weighted by molar-refractivity contribution is 6.00. The Hall–Kier alpha value is -3.15. The number of carbonyl (C=O) groups excluding carboxylic acids is 3. The van der Waals surface area contributed by atoms with Crippen LogP contribution in [-0.4, -0.2) is 30.9 Å². The Morgan fingerprint density at radius 2 is 1.94 bits per heavy atom. The number of aryl methyl sites for hydroxylation is 2. The summed E-state index contributed by atoms with van der Waals surface area (Å²) in [6.07, 6.45) is 1.05. The molecule has 2 aromatic rings. The SMILES string of the molecule is CC[C@H](C)c1ccccc1N1C[C@H](C(=O)OCC(=O)Nc2ccc(C)cc2C)CC1=O. The minimum Gasteiger partial charge on any atom is -0.455 e. The van der Waals surface area contributed by atoms with Gasteiger partial charge in [0.25, 0.3) is 5.91 Å². The first kappa shape index (κ1) is 22.5. The van der Waals surface area contributed by atoms with Crippen LogP contribution in [0.25, 0.3) is 0 Å². The number of amides is 2. The average Bonchev–Trinajstić information content (AvgIpc) is 3.15. The van der Waals surface area contributed by atoms with Crippen LogP contribution in [0.2, 0.25) is 0 Å². The summed E-state index contributed by atoms with van der Waals surface area (Å²) in [6, 6.07) is 13.5. The molecule has 1 N–H and O–H groups in total. The van der Waals surface area contributed by atoms with E-state index in [0.29, 0.717) is 11.6 Å². The van der Waals surface area contributed by atoms with E-state index in [4.69, 9.17) is 4.74 Å². The molecule has 2 atom stereocenters. The maximum absolute atomic E-state index is 12.6. The number of nitrogens with one attached hydrogen (secondary N) is 1. The fourth-order valence-electron chi connectivity index (χ4n) is 3.86. The van der Waals surface area contributed by atoms with Gasteiger partial charge in [0.1, 0.15) is 0 Å². The Kier molecular flexibility index (Phi) is 7.10. The van der Waals surface area contributed by atoms with E-state index in [0.717, 1.165) is 28.8 Å². The Morgan fingerprint density at radius 1 is 1.19 bits per heavy atom. The van der Waals surface area contributed by atoms with Crippen LogP contribution in [-0.2, 0) is 19.1 Å². The van der Waals surface area contributed by atoms with Crippen molar-refractivity contribution in [3.05, 3.63) is 59.2 Å². The lowest BCUT2D eigenvalue weighted by atomic mass is 9.96. The second-order valence-electron chi connectivity index (χ2n) is 8.25. The number of hydrogen-bond acceptors (Lipinski definition) is 4. The Bertz CT molecular complexity index is 985. The first-order chi connectivity index (χ1) is 14.8. The molecule has 2 amide bonds. The zero-order valence-corrected chi connectivity index (χ0v) is 18.6. The average molecular weight is 423 g/mol. The first-order valence-electron chi connectivity index (χ1n) is 10.7. The third-order valence-electron chi connectivity index (χ3n) is 5.83. The lowest BCUT2D eigenvalue weighted by molar-refractivity contribution is -0.151. The molecule has 2 aromatic carbocycles. The van der Waals surface area contributed by atoms with Gasteiger partial charge in [-0.1, -0.05) is 49.7 Å². The maximum atomic E-state index is 12.6. The van der Waals surface area contributed by atoms with Crippen LogP contribution in [0.1, 0.15) is 49.3 Å². The number of hydrogen-bond donors (Lipinski definition) is 1. The molecule has 164 valence electrons. The smallest absolute Gasteiger partial charge is 0.311 e. The third kappa shape index (κ3) is 5.32. The molecular weight excluding hydrogens is 392 g/mol. The highest BCUT2D eigenvalue weighted by atomic mass is 16.5. The van der Waals surface area contributed by atoms with Crippen molar-refractivity contribution in [1.29, 1.82) is 0 Å². The van der Waals surface area contributed by atoms with Gasteiger partial charge in [0.2, 0.25) is 5.91 Å². The van der Waals surface area contributed by atoms with Gasteiger partial charge in [0.05, 0.1) is 5.92 Å². The number of nitrogens with zero attached hydrogens (tertiary/aromatic N) is 1. The highest BCUT2D eigenvalue weighted by Crippen LogP contribution is 2.33. The fourth-order valence-corrected chi connectivity index (χ4v) is 3.86. The minimum absolute atomic E-state index is 0.0896. The largest absolute Gasteiger partial charge is 0.455 e. The van der Waals surface area contributed by atoms with Gasteiger partial charge in [-0.3, -0.25) is 14.4 Å². The van der Waals surface area contributed by atoms with Gasteiger partial charge in [-0.15, -0.1) is 0 Å². The summed E-state index contributed by atoms with van der Waals surface area (Å²) in [5.41, 5.74) is 4.68. The summed E-state index contributed by atoms with van der Waals surface area (Å²) in [5, 5.41) is 2.76. The molecule has 0 saturated carbocycles. The van der Waals surface area contributed by atoms with Gasteiger partial charge in [-0.2, -0.15) is 0 Å². The van der Waals surface area contributed by atoms with Crippen molar-refractivity contribution >= 4 is 29.2 Å². The maximum Gasteiger partial charge on any atom is 0.311 e. The molecular formula is C25H30N2O4. The molecule has 0 unspecified atom stereocenters. The van der Waals surface area contributed by atoms with E-state index in [-0.39, 0.29) is 25.5 Å². The summed E-state index contributed by atoms with van der Waals surface area (Å²) in [4.78, 5) is 39.0. The van der Waals surface area contributed by atoms with E-state index in [2.05, 4.69) is 19.2 Å². The van der Waals surface area contributed by atoms with Crippen LogP contribution < -0.4 is 10.2 Å². The van der Waals surface area contributed by atoms with E-state index in [9.17, 15) is 14.4 Å². The number of benzene rings is 2. The molecule has 6 nitrogen and oxygen atoms in total. The predicted molar refractivity (Wildman–Crippen MR) is 121 cm³/mol. The summed E-state index contributed by atoms with van der Waals surface area (Å²) in [5.74, 6) is -1.29. The molecule has 1 aliphatic heterocycles. The Labute approximate surface area is 183 Å². The van der Waals surface area contributed by atoms with Crippen molar-refractivity contribution in [3.63, 3.8) is 0 Å². The Morgan fingerprint density at radius 3 is 2.65 bits per heavy atom. The molecule has 0 radical (unpaired) electrons. The van der Waals surface area contributed by atoms with E-state index in [1.807, 2.05) is 56.3 Å². The third-order valence-corrected chi connectivity index (χ3v) is 5.83. The number of rotatable bonds is 7. The van der Waals surface area contributed by atoms with E-state index < -0.39 is 17.8 Å². The molecule has 0 aliphatic carbocycles. The number of esters is 1. The van der Waals surface area contributed by atoms with Gasteiger partial charge in [-0.25, -0.2) is 0 Å². The van der Waals surface area contributed by atoms with E-state index in [1.165, 1.54) is 0 Å². The van der Waals surface area contributed by atoms with E-state index in [1.54, 1.807) is 4.90 Å². The molecule has 6 heteroatoms. The number of carbonyl (C=O) groups is 3. The van der Waals surface area contributed by atoms with Crippen LogP contribution in [0, 0.1) is 19.8 Å². The van der Waals surface area contributed by atoms with Gasteiger partial charge in [0, 0.05) is 24.3 Å². The van der Waals surface area contributed by atoms with Crippen LogP contribution in [0.15, 0.2) is 42.5 Å². The molecule has 1 saturated heterocycles. The molecule has 1 aliphatic rings. The van der Waals surface area contributed by atoms with Crippen molar-refractivity contribution in [2.75, 3.05) is 23.4 Å². The second kappa shape index (κ2) is 9.77. The van der Waals surface area contributed by atoms with Gasteiger partial charge < -0.3 is 15.0 Å². The molecule has 31 heavy (non-hydrogen) atoms. The predicted octanol–water partition coefficient (Wildman–Crippen LogP) is 4.35. The topological polar surface area (TPSA) is 75.7 Å². The first-order valence-corrected chi connectivity index (χ1v) is 10.7. The van der Waals surface area contributed by atoms with Crippen LogP contribution in [0.5, 0.6) is 0 Å². The molecule has 0 spiro atoms. The van der Waals surface area contributed by atoms with Crippen molar-refractivity contribution in [2.24, 2.45) is 5.92 Å². The molecule has 1 fully saturated rings. The zero-order valence-electron chi connectivity index (χ0n) is 18.6. The zero-order chi connectivity index (χ0) is 22.5.